The van der Waals surface area contributed by atoms with E-state index in [-0.39, 0.29) is 0 Å². The molecule has 0 aliphatic rings. The summed E-state index contributed by atoms with van der Waals surface area (Å²) in [6.07, 6.45) is 10.5. The lowest BCUT2D eigenvalue weighted by molar-refractivity contribution is -0.0386. The first kappa shape index (κ1) is 39.3. The smallest absolute Gasteiger partial charge is 0.143 e. The Morgan fingerprint density at radius 2 is 0.800 bits per heavy atom. The van der Waals surface area contributed by atoms with Gasteiger partial charge in [0.25, 0.3) is 0 Å². The van der Waals surface area contributed by atoms with Crippen molar-refractivity contribution in [2.24, 2.45) is 0 Å². The first-order valence-corrected chi connectivity index (χ1v) is 18.7. The van der Waals surface area contributed by atoms with Crippen LogP contribution < -0.4 is 4.74 Å². The molecule has 0 atom stereocenters. The van der Waals surface area contributed by atoms with Crippen molar-refractivity contribution in [1.29, 1.82) is 0 Å². The summed E-state index contributed by atoms with van der Waals surface area (Å²) in [6, 6.07) is 39.6. The largest absolute Gasteiger partial charge is 0.491 e. The SMILES string of the molecule is CCCCCCCCCc1ccc(OCCOCCOCCOCCOCCOC(c2ccccc2)(c2ccccc2)c2ccccc2)cc1. The van der Waals surface area contributed by atoms with E-state index in [0.29, 0.717) is 66.1 Å². The Kier molecular flexibility index (Phi) is 19.3. The summed E-state index contributed by atoms with van der Waals surface area (Å²) in [5.74, 6) is 0.890. The van der Waals surface area contributed by atoms with Crippen LogP contribution in [0.1, 0.15) is 74.1 Å². The third kappa shape index (κ3) is 14.0. The van der Waals surface area contributed by atoms with Gasteiger partial charge in [0, 0.05) is 0 Å². The number of benzene rings is 4. The molecule has 0 fully saturated rings. The highest BCUT2D eigenvalue weighted by Crippen LogP contribution is 2.40. The first-order chi connectivity index (χ1) is 24.8. The van der Waals surface area contributed by atoms with Crippen molar-refractivity contribution in [3.05, 3.63) is 138 Å². The van der Waals surface area contributed by atoms with Crippen molar-refractivity contribution in [1.82, 2.24) is 0 Å². The van der Waals surface area contributed by atoms with Crippen molar-refractivity contribution < 1.29 is 28.4 Å². The minimum absolute atomic E-state index is 0.429. The zero-order chi connectivity index (χ0) is 34.8. The fourth-order valence-electron chi connectivity index (χ4n) is 6.04. The van der Waals surface area contributed by atoms with Crippen LogP contribution in [0.2, 0.25) is 0 Å². The maximum absolute atomic E-state index is 6.74. The van der Waals surface area contributed by atoms with Gasteiger partial charge >= 0.3 is 0 Å². The van der Waals surface area contributed by atoms with Crippen LogP contribution in [0.3, 0.4) is 0 Å². The van der Waals surface area contributed by atoms with Gasteiger partial charge in [0.1, 0.15) is 18.0 Å². The second kappa shape index (κ2) is 24.6. The van der Waals surface area contributed by atoms with Gasteiger partial charge in [0.2, 0.25) is 0 Å². The van der Waals surface area contributed by atoms with E-state index in [1.54, 1.807) is 0 Å². The minimum Gasteiger partial charge on any atom is -0.491 e. The number of unbranched alkanes of at least 4 members (excludes halogenated alkanes) is 6. The molecule has 0 aromatic heterocycles. The predicted molar refractivity (Wildman–Crippen MR) is 202 cm³/mol. The van der Waals surface area contributed by atoms with E-state index >= 15 is 0 Å². The Bertz CT molecular complexity index is 1270. The quantitative estimate of drug-likeness (QED) is 0.0440. The minimum atomic E-state index is -0.740. The number of rotatable bonds is 28. The Labute approximate surface area is 301 Å². The number of hydrogen-bond donors (Lipinski definition) is 0. The molecule has 0 spiro atoms. The summed E-state index contributed by atoms with van der Waals surface area (Å²) in [5.41, 5.74) is 3.88. The van der Waals surface area contributed by atoms with Gasteiger partial charge in [-0.3, -0.25) is 0 Å². The molecule has 270 valence electrons. The van der Waals surface area contributed by atoms with Gasteiger partial charge in [-0.2, -0.15) is 0 Å². The monoisotopic (exact) mass is 682 g/mol. The van der Waals surface area contributed by atoms with E-state index in [2.05, 4.69) is 104 Å². The second-order valence-corrected chi connectivity index (χ2v) is 12.4. The highest BCUT2D eigenvalue weighted by Gasteiger charge is 2.37. The third-order valence-electron chi connectivity index (χ3n) is 8.69. The summed E-state index contributed by atoms with van der Waals surface area (Å²) in [6.45, 7) is 7.28. The van der Waals surface area contributed by atoms with Crippen molar-refractivity contribution in [2.75, 3.05) is 66.1 Å². The average Bonchev–Trinajstić information content (AvgIpc) is 3.17. The van der Waals surface area contributed by atoms with Gasteiger partial charge in [-0.1, -0.05) is 149 Å². The molecule has 4 aromatic rings. The first-order valence-electron chi connectivity index (χ1n) is 18.7. The molecule has 6 nitrogen and oxygen atoms in total. The van der Waals surface area contributed by atoms with Gasteiger partial charge in [0.15, 0.2) is 0 Å². The fourth-order valence-corrected chi connectivity index (χ4v) is 6.04. The van der Waals surface area contributed by atoms with Crippen LogP contribution in [0.25, 0.3) is 0 Å². The molecule has 4 aromatic carbocycles. The van der Waals surface area contributed by atoms with E-state index in [0.717, 1.165) is 28.9 Å². The highest BCUT2D eigenvalue weighted by atomic mass is 16.6. The molecular formula is C44H58O6. The average molecular weight is 683 g/mol. The molecule has 6 heteroatoms. The van der Waals surface area contributed by atoms with Crippen LogP contribution in [0.5, 0.6) is 5.75 Å². The maximum Gasteiger partial charge on any atom is 0.143 e. The molecule has 0 unspecified atom stereocenters. The van der Waals surface area contributed by atoms with Crippen molar-refractivity contribution in [2.45, 2.75) is 63.9 Å². The van der Waals surface area contributed by atoms with E-state index in [4.69, 9.17) is 28.4 Å². The lowest BCUT2D eigenvalue weighted by atomic mass is 9.80. The molecule has 0 saturated heterocycles. The van der Waals surface area contributed by atoms with E-state index < -0.39 is 5.60 Å². The van der Waals surface area contributed by atoms with Crippen molar-refractivity contribution in [3.63, 3.8) is 0 Å². The molecular weight excluding hydrogens is 624 g/mol. The molecule has 0 heterocycles. The Hall–Kier alpha value is -3.52. The normalized spacial score (nSPS) is 11.5. The second-order valence-electron chi connectivity index (χ2n) is 12.4. The molecule has 0 N–H and O–H groups in total. The van der Waals surface area contributed by atoms with Crippen LogP contribution >= 0.6 is 0 Å². The maximum atomic E-state index is 6.74. The lowest BCUT2D eigenvalue weighted by Crippen LogP contribution is -2.34. The van der Waals surface area contributed by atoms with Gasteiger partial charge in [-0.05, 0) is 47.2 Å². The van der Waals surface area contributed by atoms with Gasteiger partial charge in [0.05, 0.1) is 59.5 Å². The van der Waals surface area contributed by atoms with Gasteiger partial charge in [-0.25, -0.2) is 0 Å². The standard InChI is InChI=1S/C44H58O6/c1-2-3-4-5-6-7-11-18-39-25-27-43(28-26-39)49-37-35-47-33-31-45-29-30-46-32-34-48-36-38-50-44(40-19-12-8-13-20-40,41-21-14-9-15-22-41)42-23-16-10-17-24-42/h8-10,12-17,19-28H,2-7,11,18,29-38H2,1H3. The zero-order valence-corrected chi connectivity index (χ0v) is 30.1. The molecule has 0 bridgehead atoms. The number of ether oxygens (including phenoxy) is 6. The Morgan fingerprint density at radius 3 is 1.26 bits per heavy atom. The molecule has 0 radical (unpaired) electrons. The van der Waals surface area contributed by atoms with Crippen LogP contribution in [0.15, 0.2) is 115 Å². The molecule has 0 amide bonds. The van der Waals surface area contributed by atoms with E-state index in [1.165, 1.54) is 50.5 Å². The zero-order valence-electron chi connectivity index (χ0n) is 30.1. The van der Waals surface area contributed by atoms with Crippen molar-refractivity contribution >= 4 is 0 Å². The topological polar surface area (TPSA) is 55.4 Å². The third-order valence-corrected chi connectivity index (χ3v) is 8.69. The van der Waals surface area contributed by atoms with Gasteiger partial charge in [-0.15, -0.1) is 0 Å². The lowest BCUT2D eigenvalue weighted by Gasteiger charge is -2.36. The van der Waals surface area contributed by atoms with Crippen LogP contribution in [-0.2, 0) is 35.7 Å². The van der Waals surface area contributed by atoms with Crippen LogP contribution in [-0.4, -0.2) is 66.1 Å². The van der Waals surface area contributed by atoms with E-state index in [9.17, 15) is 0 Å². The highest BCUT2D eigenvalue weighted by molar-refractivity contribution is 5.47. The predicted octanol–water partition coefficient (Wildman–Crippen LogP) is 9.43. The summed E-state index contributed by atoms with van der Waals surface area (Å²) in [7, 11) is 0. The summed E-state index contributed by atoms with van der Waals surface area (Å²) < 4.78 is 35.4. The van der Waals surface area contributed by atoms with Crippen molar-refractivity contribution in [3.8, 4) is 5.75 Å². The summed E-state index contributed by atoms with van der Waals surface area (Å²) in [5, 5.41) is 0. The molecule has 0 aliphatic heterocycles. The van der Waals surface area contributed by atoms with E-state index in [1.807, 2.05) is 18.2 Å². The summed E-state index contributed by atoms with van der Waals surface area (Å²) >= 11 is 0. The van der Waals surface area contributed by atoms with Gasteiger partial charge < -0.3 is 28.4 Å². The molecule has 4 rings (SSSR count). The molecule has 0 saturated carbocycles. The van der Waals surface area contributed by atoms with Crippen LogP contribution in [0.4, 0.5) is 0 Å². The number of hydrogen-bond acceptors (Lipinski definition) is 6. The summed E-state index contributed by atoms with van der Waals surface area (Å²) in [4.78, 5) is 0. The fraction of sp³-hybridized carbons (Fsp3) is 0.455. The molecule has 50 heavy (non-hydrogen) atoms. The Morgan fingerprint density at radius 1 is 0.400 bits per heavy atom. The molecule has 0 aliphatic carbocycles. The number of aryl methyl sites for hydroxylation is 1. The van der Waals surface area contributed by atoms with Crippen LogP contribution in [0, 0.1) is 0 Å². The Balaban J connectivity index is 1.000.